The van der Waals surface area contributed by atoms with E-state index in [9.17, 15) is 0 Å². The van der Waals surface area contributed by atoms with Gasteiger partial charge in [0, 0.05) is 49.1 Å². The summed E-state index contributed by atoms with van der Waals surface area (Å²) in [4.78, 5) is 20.8. The van der Waals surface area contributed by atoms with Crippen molar-refractivity contribution in [1.82, 2.24) is 29.1 Å². The number of oxazole rings is 1. The predicted molar refractivity (Wildman–Crippen MR) is 265 cm³/mol. The number of furan rings is 1. The van der Waals surface area contributed by atoms with Crippen LogP contribution in [0.1, 0.15) is 0 Å². The third-order valence-corrected chi connectivity index (χ3v) is 12.8. The number of hydrogen-bond acceptors (Lipinski definition) is 6. The third-order valence-electron chi connectivity index (χ3n) is 12.8. The molecule has 308 valence electrons. The molecule has 0 N–H and O–H groups in total. The maximum Gasteiger partial charge on any atom is 0.238 e. The van der Waals surface area contributed by atoms with Crippen molar-refractivity contribution in [2.24, 2.45) is 0 Å². The van der Waals surface area contributed by atoms with Gasteiger partial charge in [0.1, 0.15) is 16.7 Å². The molecule has 0 aliphatic rings. The van der Waals surface area contributed by atoms with Crippen LogP contribution in [0, 0.1) is 0 Å². The van der Waals surface area contributed by atoms with E-state index in [-0.39, 0.29) is 0 Å². The van der Waals surface area contributed by atoms with Crippen molar-refractivity contribution >= 4 is 76.6 Å². The molecule has 0 aliphatic heterocycles. The molecule has 14 aromatic rings. The largest absolute Gasteiger partial charge is 0.456 e. The van der Waals surface area contributed by atoms with Gasteiger partial charge in [-0.25, -0.2) is 9.97 Å². The fourth-order valence-corrected chi connectivity index (χ4v) is 9.82. The molecule has 0 saturated heterocycles. The average molecular weight is 847 g/mol. The second kappa shape index (κ2) is 14.2. The summed E-state index contributed by atoms with van der Waals surface area (Å²) in [5, 5.41) is 6.54. The van der Waals surface area contributed by atoms with Gasteiger partial charge < -0.3 is 13.4 Å². The quantitative estimate of drug-likeness (QED) is 0.166. The monoisotopic (exact) mass is 846 g/mol. The first-order valence-corrected chi connectivity index (χ1v) is 22.0. The van der Waals surface area contributed by atoms with Crippen molar-refractivity contribution in [3.8, 4) is 57.0 Å². The van der Waals surface area contributed by atoms with Crippen LogP contribution in [0.15, 0.2) is 215 Å². The molecule has 8 heteroatoms. The van der Waals surface area contributed by atoms with Gasteiger partial charge in [0.15, 0.2) is 17.2 Å². The van der Waals surface area contributed by atoms with E-state index < -0.39 is 0 Å². The summed E-state index contributed by atoms with van der Waals surface area (Å²) >= 11 is 0. The fraction of sp³-hybridized carbons (Fsp3) is 0. The zero-order valence-electron chi connectivity index (χ0n) is 35.1. The molecule has 5 heterocycles. The third kappa shape index (κ3) is 5.52. The lowest BCUT2D eigenvalue weighted by Crippen LogP contribution is -2.07. The Kier molecular flexibility index (Phi) is 7.81. The maximum absolute atomic E-state index is 6.56. The van der Waals surface area contributed by atoms with Gasteiger partial charge in [-0.3, -0.25) is 4.57 Å². The maximum atomic E-state index is 6.56. The van der Waals surface area contributed by atoms with Crippen LogP contribution in [0.3, 0.4) is 0 Å². The lowest BCUT2D eigenvalue weighted by atomic mass is 10.0. The van der Waals surface area contributed by atoms with Gasteiger partial charge >= 0.3 is 0 Å². The number of nitrogens with zero attached hydrogens (tertiary/aromatic N) is 6. The van der Waals surface area contributed by atoms with Gasteiger partial charge in [0.05, 0.1) is 27.6 Å². The Hall–Kier alpha value is -9.14. The molecule has 0 aliphatic carbocycles. The van der Waals surface area contributed by atoms with E-state index in [0.717, 1.165) is 105 Å². The molecule has 8 nitrogen and oxygen atoms in total. The van der Waals surface area contributed by atoms with E-state index in [4.69, 9.17) is 28.8 Å². The minimum absolute atomic E-state index is 0.478. The minimum Gasteiger partial charge on any atom is -0.456 e. The standard InChI is InChI=1S/C58H34N6O2/c1-4-15-35(16-5-1)38-27-31-50-45(33-38)46-34-39(28-32-51(46)65-50)63-48-25-12-10-21-40(48)42-29-30-43-41-22-11-13-26-49(41)64(53(43)52(42)63)58-61-55(36-17-6-2-7-18-36)60-56(62-58)44-23-14-24-47-54(44)66-57(59-47)37-19-8-3-9-20-37/h1-34H. The molecule has 0 spiro atoms. The van der Waals surface area contributed by atoms with Gasteiger partial charge in [0.25, 0.3) is 0 Å². The number of rotatable bonds is 6. The van der Waals surface area contributed by atoms with Crippen molar-refractivity contribution in [1.29, 1.82) is 0 Å². The summed E-state index contributed by atoms with van der Waals surface area (Å²) in [6.07, 6.45) is 0. The Labute approximate surface area is 376 Å². The second-order valence-electron chi connectivity index (χ2n) is 16.6. The topological polar surface area (TPSA) is 87.7 Å². The van der Waals surface area contributed by atoms with E-state index in [2.05, 4.69) is 130 Å². The summed E-state index contributed by atoms with van der Waals surface area (Å²) in [5.41, 5.74) is 12.9. The van der Waals surface area contributed by atoms with Crippen molar-refractivity contribution in [2.45, 2.75) is 0 Å². The molecule has 0 radical (unpaired) electrons. The molecule has 9 aromatic carbocycles. The predicted octanol–water partition coefficient (Wildman–Crippen LogP) is 14.8. The molecular formula is C58H34N6O2. The lowest BCUT2D eigenvalue weighted by Gasteiger charge is -2.13. The van der Waals surface area contributed by atoms with Crippen LogP contribution >= 0.6 is 0 Å². The molecule has 0 saturated carbocycles. The van der Waals surface area contributed by atoms with Gasteiger partial charge in [0.2, 0.25) is 11.8 Å². The highest BCUT2D eigenvalue weighted by Crippen LogP contribution is 2.43. The van der Waals surface area contributed by atoms with E-state index in [1.165, 1.54) is 0 Å². The Morgan fingerprint density at radius 2 is 0.939 bits per heavy atom. The van der Waals surface area contributed by atoms with Crippen LogP contribution in [0.25, 0.3) is 134 Å². The van der Waals surface area contributed by atoms with E-state index in [0.29, 0.717) is 29.1 Å². The van der Waals surface area contributed by atoms with Gasteiger partial charge in [-0.05, 0) is 77.9 Å². The Balaban J connectivity index is 1.06. The normalized spacial score (nSPS) is 11.9. The van der Waals surface area contributed by atoms with Crippen molar-refractivity contribution < 1.29 is 8.83 Å². The highest BCUT2D eigenvalue weighted by atomic mass is 16.3. The number of benzene rings is 9. The average Bonchev–Trinajstić information content (AvgIpc) is 4.16. The summed E-state index contributed by atoms with van der Waals surface area (Å²) < 4.78 is 17.6. The van der Waals surface area contributed by atoms with Crippen LogP contribution in [0.4, 0.5) is 0 Å². The molecule has 0 bridgehead atoms. The molecule has 0 unspecified atom stereocenters. The van der Waals surface area contributed by atoms with Crippen LogP contribution in [-0.4, -0.2) is 29.1 Å². The lowest BCUT2D eigenvalue weighted by molar-refractivity contribution is 0.620. The number of fused-ring (bicyclic) bond motifs is 11. The molecule has 0 fully saturated rings. The summed E-state index contributed by atoms with van der Waals surface area (Å²) in [7, 11) is 0. The smallest absolute Gasteiger partial charge is 0.238 e. The molecule has 5 aromatic heterocycles. The minimum atomic E-state index is 0.478. The number of para-hydroxylation sites is 3. The Morgan fingerprint density at radius 3 is 1.67 bits per heavy atom. The molecule has 66 heavy (non-hydrogen) atoms. The van der Waals surface area contributed by atoms with Crippen molar-refractivity contribution in [3.05, 3.63) is 206 Å². The van der Waals surface area contributed by atoms with E-state index >= 15 is 0 Å². The second-order valence-corrected chi connectivity index (χ2v) is 16.6. The fourth-order valence-electron chi connectivity index (χ4n) is 9.82. The summed E-state index contributed by atoms with van der Waals surface area (Å²) in [6, 6.07) is 71.1. The zero-order chi connectivity index (χ0) is 43.3. The van der Waals surface area contributed by atoms with Crippen LogP contribution in [-0.2, 0) is 0 Å². The van der Waals surface area contributed by atoms with Crippen molar-refractivity contribution in [3.63, 3.8) is 0 Å². The van der Waals surface area contributed by atoms with E-state index in [1.54, 1.807) is 0 Å². The van der Waals surface area contributed by atoms with Gasteiger partial charge in [-0.2, -0.15) is 9.97 Å². The number of aromatic nitrogens is 6. The highest BCUT2D eigenvalue weighted by molar-refractivity contribution is 6.24. The summed E-state index contributed by atoms with van der Waals surface area (Å²) in [5.74, 6) is 2.04. The van der Waals surface area contributed by atoms with Crippen LogP contribution < -0.4 is 0 Å². The van der Waals surface area contributed by atoms with Crippen LogP contribution in [0.2, 0.25) is 0 Å². The number of hydrogen-bond donors (Lipinski definition) is 0. The first-order valence-electron chi connectivity index (χ1n) is 22.0. The summed E-state index contributed by atoms with van der Waals surface area (Å²) in [6.45, 7) is 0. The Morgan fingerprint density at radius 1 is 0.348 bits per heavy atom. The van der Waals surface area contributed by atoms with Gasteiger partial charge in [-0.1, -0.05) is 140 Å². The molecular weight excluding hydrogens is 813 g/mol. The molecule has 14 rings (SSSR count). The van der Waals surface area contributed by atoms with E-state index in [1.807, 2.05) is 84.9 Å². The zero-order valence-corrected chi connectivity index (χ0v) is 35.1. The first kappa shape index (κ1) is 36.4. The Bertz CT molecular complexity index is 4220. The first-order chi connectivity index (χ1) is 32.7. The van der Waals surface area contributed by atoms with Crippen molar-refractivity contribution in [2.75, 3.05) is 0 Å². The highest BCUT2D eigenvalue weighted by Gasteiger charge is 2.25. The molecule has 0 amide bonds. The van der Waals surface area contributed by atoms with Gasteiger partial charge in [-0.15, -0.1) is 0 Å². The SMILES string of the molecule is c1ccc(-c2ccc3oc4ccc(-n5c6ccccc6c6ccc7c8ccccc8n(-c8nc(-c9ccccc9)nc(-c9cccc%10nc(-c%11ccccc%11)oc9%10)n8)c7c65)cc4c3c2)cc1. The van der Waals surface area contributed by atoms with Crippen LogP contribution in [0.5, 0.6) is 0 Å². The molecule has 0 atom stereocenters.